The van der Waals surface area contributed by atoms with Gasteiger partial charge in [0.15, 0.2) is 5.78 Å². The molecule has 4 heteroatoms. The number of Topliss-reactive ketones (excluding diaryl/α,β-unsaturated/α-hetero) is 1. The Morgan fingerprint density at radius 2 is 1.85 bits per heavy atom. The van der Waals surface area contributed by atoms with Crippen LogP contribution in [0.5, 0.6) is 0 Å². The van der Waals surface area contributed by atoms with Gasteiger partial charge in [-0.15, -0.1) is 0 Å². The number of hydrogen-bond acceptors (Lipinski definition) is 2. The van der Waals surface area contributed by atoms with Gasteiger partial charge in [0.25, 0.3) is 0 Å². The van der Waals surface area contributed by atoms with E-state index in [9.17, 15) is 4.79 Å². The summed E-state index contributed by atoms with van der Waals surface area (Å²) in [7, 11) is 0. The van der Waals surface area contributed by atoms with Gasteiger partial charge in [0.2, 0.25) is 0 Å². The highest BCUT2D eigenvalue weighted by Crippen LogP contribution is 2.53. The van der Waals surface area contributed by atoms with Crippen molar-refractivity contribution in [3.8, 4) is 0 Å². The van der Waals surface area contributed by atoms with Gasteiger partial charge in [-0.2, -0.15) is 5.10 Å². The third-order valence-electron chi connectivity index (χ3n) is 6.18. The van der Waals surface area contributed by atoms with E-state index < -0.39 is 5.41 Å². The van der Waals surface area contributed by atoms with Crippen LogP contribution in [0.3, 0.4) is 0 Å². The molecule has 1 atom stereocenters. The molecule has 27 heavy (non-hydrogen) atoms. The first kappa shape index (κ1) is 18.1. The van der Waals surface area contributed by atoms with Crippen LogP contribution in [0, 0.1) is 11.2 Å². The van der Waals surface area contributed by atoms with Crippen LogP contribution in [-0.4, -0.2) is 16.0 Å². The van der Waals surface area contributed by atoms with Crippen molar-refractivity contribution in [2.45, 2.75) is 65.2 Å². The third-order valence-corrected chi connectivity index (χ3v) is 6.18. The van der Waals surface area contributed by atoms with E-state index in [2.05, 4.69) is 37.9 Å². The average molecular weight is 366 g/mol. The SMILES string of the molecule is CC(C)c1n[nH]c2c1[C@@](C)(c1ccccc1F)C1=C(C2)CC(C)(C)CC1=O. The zero-order chi connectivity index (χ0) is 19.6. The highest BCUT2D eigenvalue weighted by Gasteiger charge is 2.50. The molecule has 2 aliphatic carbocycles. The standard InChI is InChI=1S/C23H27FN2O/c1-13(2)21-20-17(25-26-21)10-14-11-22(3,4)12-18(27)19(14)23(20,5)15-8-6-7-9-16(15)24/h6-9,13H,10-12H2,1-5H3,(H,25,26)/t23-/m0/s1. The summed E-state index contributed by atoms with van der Waals surface area (Å²) in [6.45, 7) is 10.5. The molecule has 0 spiro atoms. The Balaban J connectivity index is 2.06. The summed E-state index contributed by atoms with van der Waals surface area (Å²) in [5.41, 5.74) is 4.56. The highest BCUT2D eigenvalue weighted by atomic mass is 19.1. The molecular formula is C23H27FN2O. The fraction of sp³-hybridized carbons (Fsp3) is 0.478. The van der Waals surface area contributed by atoms with Crippen LogP contribution in [-0.2, 0) is 16.6 Å². The zero-order valence-electron chi connectivity index (χ0n) is 16.7. The molecule has 0 aliphatic heterocycles. The van der Waals surface area contributed by atoms with Gasteiger partial charge in [-0.3, -0.25) is 9.89 Å². The van der Waals surface area contributed by atoms with E-state index in [1.54, 1.807) is 6.07 Å². The minimum atomic E-state index is -0.811. The van der Waals surface area contributed by atoms with Crippen molar-refractivity contribution >= 4 is 5.78 Å². The summed E-state index contributed by atoms with van der Waals surface area (Å²) in [4.78, 5) is 13.3. The van der Waals surface area contributed by atoms with E-state index in [-0.39, 0.29) is 22.9 Å². The van der Waals surface area contributed by atoms with Gasteiger partial charge in [0, 0.05) is 35.2 Å². The summed E-state index contributed by atoms with van der Waals surface area (Å²) in [6.07, 6.45) is 2.05. The molecule has 2 aromatic rings. The monoisotopic (exact) mass is 366 g/mol. The normalized spacial score (nSPS) is 24.2. The van der Waals surface area contributed by atoms with Gasteiger partial charge < -0.3 is 0 Å². The Kier molecular flexibility index (Phi) is 3.95. The second-order valence-electron chi connectivity index (χ2n) is 9.32. The van der Waals surface area contributed by atoms with Crippen molar-refractivity contribution in [2.75, 3.05) is 0 Å². The predicted molar refractivity (Wildman–Crippen MR) is 104 cm³/mol. The lowest BCUT2D eigenvalue weighted by atomic mass is 9.58. The number of nitrogens with one attached hydrogen (secondary N) is 1. The Labute approximate surface area is 160 Å². The average Bonchev–Trinajstić information content (AvgIpc) is 2.98. The maximum absolute atomic E-state index is 15.0. The molecule has 1 heterocycles. The number of allylic oxidation sites excluding steroid dienone is 2. The smallest absolute Gasteiger partial charge is 0.160 e. The van der Waals surface area contributed by atoms with Crippen LogP contribution < -0.4 is 0 Å². The number of ketones is 1. The predicted octanol–water partition coefficient (Wildman–Crippen LogP) is 5.22. The lowest BCUT2D eigenvalue weighted by molar-refractivity contribution is -0.118. The number of fused-ring (bicyclic) bond motifs is 1. The number of nitrogens with zero attached hydrogens (tertiary/aromatic N) is 1. The van der Waals surface area contributed by atoms with E-state index in [0.717, 1.165) is 34.5 Å². The molecule has 0 fully saturated rings. The van der Waals surface area contributed by atoms with Crippen LogP contribution >= 0.6 is 0 Å². The van der Waals surface area contributed by atoms with Crippen molar-refractivity contribution < 1.29 is 9.18 Å². The Bertz CT molecular complexity index is 967. The first-order valence-corrected chi connectivity index (χ1v) is 9.73. The van der Waals surface area contributed by atoms with E-state index in [1.807, 2.05) is 19.1 Å². The van der Waals surface area contributed by atoms with Crippen molar-refractivity contribution in [3.05, 3.63) is 63.7 Å². The number of benzene rings is 1. The van der Waals surface area contributed by atoms with Gasteiger partial charge in [-0.25, -0.2) is 4.39 Å². The number of halogens is 1. The van der Waals surface area contributed by atoms with Crippen LogP contribution in [0.2, 0.25) is 0 Å². The van der Waals surface area contributed by atoms with Crippen LogP contribution in [0.25, 0.3) is 0 Å². The van der Waals surface area contributed by atoms with Crippen LogP contribution in [0.1, 0.15) is 75.9 Å². The first-order valence-electron chi connectivity index (χ1n) is 9.73. The van der Waals surface area contributed by atoms with Crippen LogP contribution in [0.4, 0.5) is 4.39 Å². The summed E-state index contributed by atoms with van der Waals surface area (Å²) >= 11 is 0. The van der Waals surface area contributed by atoms with Gasteiger partial charge in [0.1, 0.15) is 5.82 Å². The number of carbonyl (C=O) groups is 1. The van der Waals surface area contributed by atoms with Crippen molar-refractivity contribution in [1.29, 1.82) is 0 Å². The number of aromatic amines is 1. The largest absolute Gasteiger partial charge is 0.294 e. The molecule has 0 radical (unpaired) electrons. The van der Waals surface area contributed by atoms with E-state index in [1.165, 1.54) is 6.07 Å². The molecule has 3 nitrogen and oxygen atoms in total. The number of hydrogen-bond donors (Lipinski definition) is 1. The molecule has 1 aromatic carbocycles. The number of aromatic nitrogens is 2. The van der Waals surface area contributed by atoms with Gasteiger partial charge in [-0.1, -0.05) is 51.5 Å². The van der Waals surface area contributed by atoms with E-state index in [4.69, 9.17) is 0 Å². The molecular weight excluding hydrogens is 339 g/mol. The minimum Gasteiger partial charge on any atom is -0.294 e. The first-order chi connectivity index (χ1) is 12.6. The maximum Gasteiger partial charge on any atom is 0.160 e. The topological polar surface area (TPSA) is 45.8 Å². The number of rotatable bonds is 2. The Hall–Kier alpha value is -2.23. The molecule has 0 saturated heterocycles. The summed E-state index contributed by atoms with van der Waals surface area (Å²) in [5.74, 6) is 0.0650. The van der Waals surface area contributed by atoms with Gasteiger partial charge >= 0.3 is 0 Å². The minimum absolute atomic E-state index is 0.0650. The molecule has 142 valence electrons. The highest BCUT2D eigenvalue weighted by molar-refractivity contribution is 6.01. The van der Waals surface area contributed by atoms with Crippen molar-refractivity contribution in [2.24, 2.45) is 5.41 Å². The molecule has 1 aromatic heterocycles. The molecule has 0 bridgehead atoms. The van der Waals surface area contributed by atoms with Crippen molar-refractivity contribution in [1.82, 2.24) is 10.2 Å². The number of carbonyl (C=O) groups excluding carboxylic acids is 1. The summed E-state index contributed by atoms with van der Waals surface area (Å²) in [5, 5.41) is 7.79. The maximum atomic E-state index is 15.0. The molecule has 0 amide bonds. The molecule has 0 unspecified atom stereocenters. The molecule has 0 saturated carbocycles. The Morgan fingerprint density at radius 1 is 1.15 bits per heavy atom. The van der Waals surface area contributed by atoms with Crippen molar-refractivity contribution in [3.63, 3.8) is 0 Å². The zero-order valence-corrected chi connectivity index (χ0v) is 16.7. The van der Waals surface area contributed by atoms with Gasteiger partial charge in [0.05, 0.1) is 11.1 Å². The lowest BCUT2D eigenvalue weighted by Crippen LogP contribution is -2.41. The second-order valence-corrected chi connectivity index (χ2v) is 9.32. The van der Waals surface area contributed by atoms with Crippen LogP contribution in [0.15, 0.2) is 35.4 Å². The number of H-pyrrole nitrogens is 1. The van der Waals surface area contributed by atoms with E-state index in [0.29, 0.717) is 18.4 Å². The molecule has 2 aliphatic rings. The fourth-order valence-electron chi connectivity index (χ4n) is 5.20. The third kappa shape index (κ3) is 2.60. The fourth-order valence-corrected chi connectivity index (χ4v) is 5.20. The van der Waals surface area contributed by atoms with Gasteiger partial charge in [-0.05, 0) is 30.7 Å². The van der Waals surface area contributed by atoms with E-state index >= 15 is 4.39 Å². The molecule has 4 rings (SSSR count). The quantitative estimate of drug-likeness (QED) is 0.792. The lowest BCUT2D eigenvalue weighted by Gasteiger charge is -2.44. The molecule has 1 N–H and O–H groups in total. The summed E-state index contributed by atoms with van der Waals surface area (Å²) in [6, 6.07) is 6.86. The summed E-state index contributed by atoms with van der Waals surface area (Å²) < 4.78 is 15.0. The Morgan fingerprint density at radius 3 is 2.52 bits per heavy atom. The second kappa shape index (κ2) is 5.88.